The van der Waals surface area contributed by atoms with Gasteiger partial charge in [-0.05, 0) is 31.0 Å². The molecule has 0 saturated carbocycles. The number of imidazole rings is 1. The van der Waals surface area contributed by atoms with E-state index in [4.69, 9.17) is 4.74 Å². The number of carbonyl (C=O) groups is 1. The van der Waals surface area contributed by atoms with Crippen molar-refractivity contribution >= 4 is 5.91 Å². The number of carbonyl (C=O) groups excluding carboxylic acids is 1. The van der Waals surface area contributed by atoms with Crippen LogP contribution >= 0.6 is 0 Å². The molecule has 7 heteroatoms. The fourth-order valence-electron chi connectivity index (χ4n) is 2.70. The number of hydrogen-bond donors (Lipinski definition) is 4. The number of nitrogens with zero attached hydrogens (tertiary/aromatic N) is 1. The van der Waals surface area contributed by atoms with Crippen LogP contribution in [-0.4, -0.2) is 29.0 Å². The van der Waals surface area contributed by atoms with E-state index in [1.165, 1.54) is 0 Å². The largest absolute Gasteiger partial charge is 0.497 e. The van der Waals surface area contributed by atoms with Crippen molar-refractivity contribution in [2.45, 2.75) is 31.5 Å². The van der Waals surface area contributed by atoms with E-state index >= 15 is 0 Å². The first-order valence-corrected chi connectivity index (χ1v) is 7.62. The molecule has 4 N–H and O–H groups in total. The van der Waals surface area contributed by atoms with Crippen molar-refractivity contribution in [3.8, 4) is 5.75 Å². The number of nitrogens with one attached hydrogen (secondary N) is 4. The molecule has 2 heterocycles. The Morgan fingerprint density at radius 2 is 2.30 bits per heavy atom. The van der Waals surface area contributed by atoms with Gasteiger partial charge in [-0.25, -0.2) is 15.8 Å². The van der Waals surface area contributed by atoms with Crippen molar-refractivity contribution in [2.75, 3.05) is 7.11 Å². The SMILES string of the molecule is COc1cccc(C2CC(C(=O)NC(C)c3ncc[nH]3)NN2)c1. The van der Waals surface area contributed by atoms with Crippen molar-refractivity contribution in [1.29, 1.82) is 0 Å². The van der Waals surface area contributed by atoms with Gasteiger partial charge in [0.1, 0.15) is 17.6 Å². The van der Waals surface area contributed by atoms with Crippen LogP contribution in [-0.2, 0) is 4.79 Å². The Morgan fingerprint density at radius 3 is 3.04 bits per heavy atom. The summed E-state index contributed by atoms with van der Waals surface area (Å²) in [6.45, 7) is 1.90. The van der Waals surface area contributed by atoms with Crippen LogP contribution in [0.15, 0.2) is 36.7 Å². The molecule has 2 aromatic rings. The molecule has 1 aliphatic rings. The van der Waals surface area contributed by atoms with E-state index < -0.39 is 0 Å². The summed E-state index contributed by atoms with van der Waals surface area (Å²) < 4.78 is 5.24. The summed E-state index contributed by atoms with van der Waals surface area (Å²) in [5.74, 6) is 1.50. The van der Waals surface area contributed by atoms with Gasteiger partial charge in [-0.2, -0.15) is 0 Å². The van der Waals surface area contributed by atoms with E-state index in [0.717, 1.165) is 17.1 Å². The monoisotopic (exact) mass is 315 g/mol. The van der Waals surface area contributed by atoms with Crippen LogP contribution in [0.1, 0.15) is 36.8 Å². The maximum atomic E-state index is 12.4. The molecule has 1 aromatic heterocycles. The van der Waals surface area contributed by atoms with E-state index in [-0.39, 0.29) is 24.0 Å². The molecular weight excluding hydrogens is 294 g/mol. The molecular formula is C16H21N5O2. The number of rotatable bonds is 5. The molecule has 3 unspecified atom stereocenters. The average molecular weight is 315 g/mol. The maximum Gasteiger partial charge on any atom is 0.239 e. The van der Waals surface area contributed by atoms with Crippen molar-refractivity contribution < 1.29 is 9.53 Å². The van der Waals surface area contributed by atoms with Crippen molar-refractivity contribution in [2.24, 2.45) is 0 Å². The minimum absolute atomic E-state index is 0.0493. The Kier molecular flexibility index (Phi) is 4.59. The second kappa shape index (κ2) is 6.80. The van der Waals surface area contributed by atoms with Crippen molar-refractivity contribution in [3.63, 3.8) is 0 Å². The maximum absolute atomic E-state index is 12.4. The molecule has 1 fully saturated rings. The summed E-state index contributed by atoms with van der Waals surface area (Å²) in [6, 6.07) is 7.47. The van der Waals surface area contributed by atoms with Crippen LogP contribution in [0.3, 0.4) is 0 Å². The second-order valence-corrected chi connectivity index (χ2v) is 5.61. The number of aromatic amines is 1. The van der Waals surface area contributed by atoms with Gasteiger partial charge in [0.05, 0.1) is 13.2 Å². The van der Waals surface area contributed by atoms with E-state index in [1.54, 1.807) is 19.5 Å². The molecule has 0 bridgehead atoms. The van der Waals surface area contributed by atoms with Crippen molar-refractivity contribution in [1.82, 2.24) is 26.1 Å². The lowest BCUT2D eigenvalue weighted by Crippen LogP contribution is -2.44. The number of hydrogen-bond acceptors (Lipinski definition) is 5. The van der Waals surface area contributed by atoms with Crippen LogP contribution in [0.5, 0.6) is 5.75 Å². The topological polar surface area (TPSA) is 91.1 Å². The third kappa shape index (κ3) is 3.52. The molecule has 1 amide bonds. The zero-order valence-corrected chi connectivity index (χ0v) is 13.2. The molecule has 23 heavy (non-hydrogen) atoms. The van der Waals surface area contributed by atoms with Gasteiger partial charge in [0.2, 0.25) is 5.91 Å². The van der Waals surface area contributed by atoms with E-state index in [0.29, 0.717) is 6.42 Å². The third-order valence-electron chi connectivity index (χ3n) is 4.00. The number of ether oxygens (including phenoxy) is 1. The first kappa shape index (κ1) is 15.5. The minimum Gasteiger partial charge on any atom is -0.497 e. The van der Waals surface area contributed by atoms with Gasteiger partial charge in [0, 0.05) is 18.4 Å². The number of methoxy groups -OCH3 is 1. The summed E-state index contributed by atoms with van der Waals surface area (Å²) in [7, 11) is 1.64. The molecule has 1 aliphatic heterocycles. The van der Waals surface area contributed by atoms with Crippen molar-refractivity contribution in [3.05, 3.63) is 48.0 Å². The molecule has 0 aliphatic carbocycles. The molecule has 1 aromatic carbocycles. The highest BCUT2D eigenvalue weighted by Gasteiger charge is 2.31. The van der Waals surface area contributed by atoms with E-state index in [1.807, 2.05) is 31.2 Å². The first-order valence-electron chi connectivity index (χ1n) is 7.62. The predicted molar refractivity (Wildman–Crippen MR) is 85.6 cm³/mol. The van der Waals surface area contributed by atoms with Crippen LogP contribution in [0.2, 0.25) is 0 Å². The lowest BCUT2D eigenvalue weighted by atomic mass is 10.0. The zero-order valence-electron chi connectivity index (χ0n) is 13.2. The van der Waals surface area contributed by atoms with E-state index in [9.17, 15) is 4.79 Å². The third-order valence-corrected chi connectivity index (χ3v) is 4.00. The van der Waals surface area contributed by atoms with Gasteiger partial charge in [-0.1, -0.05) is 12.1 Å². The number of H-pyrrole nitrogens is 1. The average Bonchev–Trinajstić information content (AvgIpc) is 3.26. The predicted octanol–water partition coefficient (Wildman–Crippen LogP) is 1.20. The van der Waals surface area contributed by atoms with Gasteiger partial charge in [-0.3, -0.25) is 4.79 Å². The van der Waals surface area contributed by atoms with Gasteiger partial charge in [0.25, 0.3) is 0 Å². The first-order chi connectivity index (χ1) is 11.2. The Hall–Kier alpha value is -2.38. The summed E-state index contributed by atoms with van der Waals surface area (Å²) in [5, 5.41) is 2.96. The molecule has 1 saturated heterocycles. The normalized spacial score (nSPS) is 21.8. The second-order valence-electron chi connectivity index (χ2n) is 5.61. The number of amides is 1. The summed E-state index contributed by atoms with van der Waals surface area (Å²) >= 11 is 0. The number of aromatic nitrogens is 2. The van der Waals surface area contributed by atoms with Crippen LogP contribution in [0, 0.1) is 0 Å². The highest BCUT2D eigenvalue weighted by atomic mass is 16.5. The Balaban J connectivity index is 1.59. The molecule has 3 atom stereocenters. The summed E-state index contributed by atoms with van der Waals surface area (Å²) in [6.07, 6.45) is 4.09. The minimum atomic E-state index is -0.288. The fourth-order valence-corrected chi connectivity index (χ4v) is 2.70. The van der Waals surface area contributed by atoms with Gasteiger partial charge >= 0.3 is 0 Å². The lowest BCUT2D eigenvalue weighted by Gasteiger charge is -2.15. The van der Waals surface area contributed by atoms with Gasteiger partial charge < -0.3 is 15.0 Å². The Labute approximate surface area is 134 Å². The van der Waals surface area contributed by atoms with Gasteiger partial charge in [0.15, 0.2) is 0 Å². The van der Waals surface area contributed by atoms with Crippen LogP contribution in [0.4, 0.5) is 0 Å². The standard InChI is InChI=1S/C16H21N5O2/c1-10(15-17-6-7-18-15)19-16(22)14-9-13(20-21-14)11-4-3-5-12(8-11)23-2/h3-8,10,13-14,20-21H,9H2,1-2H3,(H,17,18)(H,19,22). The highest BCUT2D eigenvalue weighted by Crippen LogP contribution is 2.25. The molecule has 0 spiro atoms. The van der Waals surface area contributed by atoms with Gasteiger partial charge in [-0.15, -0.1) is 0 Å². The summed E-state index contributed by atoms with van der Waals surface area (Å²) in [5.41, 5.74) is 7.32. The summed E-state index contributed by atoms with van der Waals surface area (Å²) in [4.78, 5) is 19.5. The molecule has 0 radical (unpaired) electrons. The highest BCUT2D eigenvalue weighted by molar-refractivity contribution is 5.82. The van der Waals surface area contributed by atoms with E-state index in [2.05, 4.69) is 26.1 Å². The molecule has 3 rings (SSSR count). The number of hydrazine groups is 1. The van der Waals surface area contributed by atoms with Crippen LogP contribution < -0.4 is 20.9 Å². The number of benzene rings is 1. The Morgan fingerprint density at radius 1 is 1.43 bits per heavy atom. The molecule has 7 nitrogen and oxygen atoms in total. The quantitative estimate of drug-likeness (QED) is 0.666. The Bertz CT molecular complexity index is 658. The fraction of sp³-hybridized carbons (Fsp3) is 0.375. The van der Waals surface area contributed by atoms with Crippen LogP contribution in [0.25, 0.3) is 0 Å². The zero-order chi connectivity index (χ0) is 16.2. The molecule has 122 valence electrons. The smallest absolute Gasteiger partial charge is 0.239 e. The lowest BCUT2D eigenvalue weighted by molar-refractivity contribution is -0.123.